The van der Waals surface area contributed by atoms with E-state index in [1.54, 1.807) is 18.2 Å². The Morgan fingerprint density at radius 1 is 1.50 bits per heavy atom. The summed E-state index contributed by atoms with van der Waals surface area (Å²) < 4.78 is 4.78. The van der Waals surface area contributed by atoms with Crippen LogP contribution in [-0.4, -0.2) is 16.2 Å². The summed E-state index contributed by atoms with van der Waals surface area (Å²) in [6.07, 6.45) is 1.25. The lowest BCUT2D eigenvalue weighted by molar-refractivity contribution is -0.136. The lowest BCUT2D eigenvalue weighted by Crippen LogP contribution is -2.01. The van der Waals surface area contributed by atoms with Crippen LogP contribution in [0.2, 0.25) is 5.02 Å². The number of carboxylic acid groups (broad SMARTS) is 1. The van der Waals surface area contributed by atoms with Crippen LogP contribution in [0.5, 0.6) is 0 Å². The topological polar surface area (TPSA) is 63.3 Å². The molecule has 0 bridgehead atoms. The Kier molecular flexibility index (Phi) is 2.92. The van der Waals surface area contributed by atoms with Gasteiger partial charge in [-0.3, -0.25) is 4.79 Å². The van der Waals surface area contributed by atoms with Crippen LogP contribution in [0.25, 0.3) is 11.1 Å². The van der Waals surface area contributed by atoms with Crippen molar-refractivity contribution in [3.63, 3.8) is 0 Å². The molecule has 5 heteroatoms. The number of rotatable bonds is 3. The third-order valence-corrected chi connectivity index (χ3v) is 2.33. The Balaban J connectivity index is 2.40. The third kappa shape index (κ3) is 2.23. The maximum absolute atomic E-state index is 10.6. The summed E-state index contributed by atoms with van der Waals surface area (Å²) in [5.74, 6) is -0.947. The molecule has 0 saturated heterocycles. The van der Waals surface area contributed by atoms with Gasteiger partial charge in [0.1, 0.15) is 12.0 Å². The fourth-order valence-corrected chi connectivity index (χ4v) is 1.61. The Morgan fingerprint density at radius 2 is 2.31 bits per heavy atom. The second kappa shape index (κ2) is 4.37. The van der Waals surface area contributed by atoms with Crippen LogP contribution in [0.4, 0.5) is 0 Å². The molecule has 1 N–H and O–H groups in total. The Morgan fingerprint density at radius 3 is 3.00 bits per heavy atom. The van der Waals surface area contributed by atoms with Crippen molar-refractivity contribution in [2.45, 2.75) is 6.42 Å². The highest BCUT2D eigenvalue weighted by molar-refractivity contribution is 6.30. The number of aliphatic carboxylic acids is 1. The zero-order valence-corrected chi connectivity index (χ0v) is 8.94. The van der Waals surface area contributed by atoms with Gasteiger partial charge in [0.15, 0.2) is 0 Å². The Hall–Kier alpha value is -1.81. The van der Waals surface area contributed by atoms with Gasteiger partial charge in [0.2, 0.25) is 0 Å². The first-order valence-corrected chi connectivity index (χ1v) is 4.95. The minimum absolute atomic E-state index is 0.168. The first-order chi connectivity index (χ1) is 7.66. The summed E-state index contributed by atoms with van der Waals surface area (Å²) in [6, 6.07) is 7.09. The number of hydrogen-bond donors (Lipinski definition) is 1. The molecular weight excluding hydrogens is 230 g/mol. The molecule has 0 radical (unpaired) electrons. The number of hydrogen-bond acceptors (Lipinski definition) is 3. The van der Waals surface area contributed by atoms with Crippen LogP contribution >= 0.6 is 11.6 Å². The monoisotopic (exact) mass is 237 g/mol. The molecule has 0 saturated carbocycles. The molecule has 1 heterocycles. The van der Waals surface area contributed by atoms with Crippen LogP contribution in [0.3, 0.4) is 0 Å². The zero-order valence-electron chi connectivity index (χ0n) is 8.18. The van der Waals surface area contributed by atoms with E-state index in [4.69, 9.17) is 21.2 Å². The van der Waals surface area contributed by atoms with E-state index in [2.05, 4.69) is 5.16 Å². The first-order valence-electron chi connectivity index (χ1n) is 4.58. The molecule has 2 rings (SSSR count). The molecular formula is C11H8ClNO3. The number of carboxylic acids is 1. The van der Waals surface area contributed by atoms with Crippen molar-refractivity contribution < 1.29 is 14.4 Å². The van der Waals surface area contributed by atoms with Gasteiger partial charge in [0.25, 0.3) is 0 Å². The summed E-state index contributed by atoms with van der Waals surface area (Å²) in [4.78, 5) is 10.6. The molecule has 1 aromatic carbocycles. The molecule has 0 amide bonds. The van der Waals surface area contributed by atoms with Gasteiger partial charge in [-0.2, -0.15) is 0 Å². The highest BCUT2D eigenvalue weighted by Gasteiger charge is 2.13. The van der Waals surface area contributed by atoms with Crippen LogP contribution in [0.15, 0.2) is 35.1 Å². The molecule has 0 fully saturated rings. The van der Waals surface area contributed by atoms with Gasteiger partial charge in [-0.15, -0.1) is 0 Å². The standard InChI is InChI=1S/C11H8ClNO3/c12-8-3-1-2-7(4-8)9-6-16-13-10(9)5-11(14)15/h1-4,6H,5H2,(H,14,15). The van der Waals surface area contributed by atoms with E-state index in [0.717, 1.165) is 5.56 Å². The number of benzene rings is 1. The average molecular weight is 238 g/mol. The molecule has 16 heavy (non-hydrogen) atoms. The molecule has 4 nitrogen and oxygen atoms in total. The smallest absolute Gasteiger partial charge is 0.309 e. The number of halogens is 1. The molecule has 82 valence electrons. The van der Waals surface area contributed by atoms with Crippen molar-refractivity contribution in [2.24, 2.45) is 0 Å². The third-order valence-electron chi connectivity index (χ3n) is 2.10. The molecule has 0 aliphatic heterocycles. The van der Waals surface area contributed by atoms with Gasteiger partial charge < -0.3 is 9.63 Å². The van der Waals surface area contributed by atoms with Gasteiger partial charge in [-0.05, 0) is 17.7 Å². The van der Waals surface area contributed by atoms with E-state index < -0.39 is 5.97 Å². The van der Waals surface area contributed by atoms with Crippen LogP contribution in [0.1, 0.15) is 5.69 Å². The lowest BCUT2D eigenvalue weighted by Gasteiger charge is -1.99. The van der Waals surface area contributed by atoms with E-state index in [9.17, 15) is 4.79 Å². The van der Waals surface area contributed by atoms with Crippen molar-refractivity contribution in [1.82, 2.24) is 5.16 Å². The second-order valence-corrected chi connectivity index (χ2v) is 3.69. The van der Waals surface area contributed by atoms with E-state index in [-0.39, 0.29) is 6.42 Å². The van der Waals surface area contributed by atoms with Crippen molar-refractivity contribution >= 4 is 17.6 Å². The van der Waals surface area contributed by atoms with E-state index in [0.29, 0.717) is 16.3 Å². The van der Waals surface area contributed by atoms with Crippen molar-refractivity contribution in [3.8, 4) is 11.1 Å². The molecule has 0 atom stereocenters. The minimum atomic E-state index is -0.947. The fraction of sp³-hybridized carbons (Fsp3) is 0.0909. The predicted octanol–water partition coefficient (Wildman–Crippen LogP) is 2.62. The van der Waals surface area contributed by atoms with E-state index in [1.165, 1.54) is 6.26 Å². The molecule has 0 aliphatic rings. The largest absolute Gasteiger partial charge is 0.481 e. The Labute approximate surface area is 96.4 Å². The van der Waals surface area contributed by atoms with Crippen molar-refractivity contribution in [3.05, 3.63) is 41.2 Å². The van der Waals surface area contributed by atoms with E-state index in [1.807, 2.05) is 6.07 Å². The summed E-state index contributed by atoms with van der Waals surface area (Å²) in [7, 11) is 0. The number of carbonyl (C=O) groups is 1. The van der Waals surface area contributed by atoms with Gasteiger partial charge in [0, 0.05) is 10.6 Å². The maximum atomic E-state index is 10.6. The molecule has 1 aromatic heterocycles. The SMILES string of the molecule is O=C(O)Cc1nocc1-c1cccc(Cl)c1. The lowest BCUT2D eigenvalue weighted by atomic mass is 10.1. The predicted molar refractivity (Wildman–Crippen MR) is 58.3 cm³/mol. The van der Waals surface area contributed by atoms with Crippen molar-refractivity contribution in [2.75, 3.05) is 0 Å². The molecule has 0 aliphatic carbocycles. The minimum Gasteiger partial charge on any atom is -0.481 e. The highest BCUT2D eigenvalue weighted by atomic mass is 35.5. The maximum Gasteiger partial charge on any atom is 0.309 e. The quantitative estimate of drug-likeness (QED) is 0.891. The van der Waals surface area contributed by atoms with Gasteiger partial charge >= 0.3 is 5.97 Å². The van der Waals surface area contributed by atoms with Gasteiger partial charge in [0.05, 0.1) is 6.42 Å². The highest BCUT2D eigenvalue weighted by Crippen LogP contribution is 2.25. The molecule has 0 unspecified atom stereocenters. The van der Waals surface area contributed by atoms with E-state index >= 15 is 0 Å². The van der Waals surface area contributed by atoms with Gasteiger partial charge in [-0.1, -0.05) is 28.9 Å². The molecule has 0 spiro atoms. The first kappa shape index (κ1) is 10.7. The van der Waals surface area contributed by atoms with Crippen molar-refractivity contribution in [1.29, 1.82) is 0 Å². The zero-order chi connectivity index (χ0) is 11.5. The van der Waals surface area contributed by atoms with Crippen LogP contribution < -0.4 is 0 Å². The second-order valence-electron chi connectivity index (χ2n) is 3.26. The van der Waals surface area contributed by atoms with Crippen LogP contribution in [-0.2, 0) is 11.2 Å². The number of nitrogens with zero attached hydrogens (tertiary/aromatic N) is 1. The summed E-state index contributed by atoms with van der Waals surface area (Å²) >= 11 is 5.85. The average Bonchev–Trinajstić information content (AvgIpc) is 2.65. The fourth-order valence-electron chi connectivity index (χ4n) is 1.42. The summed E-state index contributed by atoms with van der Waals surface area (Å²) in [5, 5.41) is 13.0. The van der Waals surface area contributed by atoms with Crippen LogP contribution in [0, 0.1) is 0 Å². The normalized spacial score (nSPS) is 10.3. The Bertz CT molecular complexity index is 521. The summed E-state index contributed by atoms with van der Waals surface area (Å²) in [6.45, 7) is 0. The summed E-state index contributed by atoms with van der Waals surface area (Å²) in [5.41, 5.74) is 1.85. The molecule has 2 aromatic rings. The van der Waals surface area contributed by atoms with Gasteiger partial charge in [-0.25, -0.2) is 0 Å². The number of aromatic nitrogens is 1.